The monoisotopic (exact) mass is 156 g/mol. The van der Waals surface area contributed by atoms with Crippen LogP contribution in [0.25, 0.3) is 0 Å². The number of nitrogens with one attached hydrogen (secondary N) is 2. The van der Waals surface area contributed by atoms with E-state index in [9.17, 15) is 4.79 Å². The predicted octanol–water partition coefficient (Wildman–Crippen LogP) is 0.265. The number of piperidine rings is 1. The molecule has 0 unspecified atom stereocenters. The summed E-state index contributed by atoms with van der Waals surface area (Å²) in [4.78, 5) is 10.9. The second-order valence-corrected chi connectivity index (χ2v) is 2.96. The molecule has 0 spiro atoms. The van der Waals surface area contributed by atoms with Crippen LogP contribution in [-0.2, 0) is 4.79 Å². The topological polar surface area (TPSA) is 41.1 Å². The van der Waals surface area contributed by atoms with Gasteiger partial charge in [-0.1, -0.05) is 6.92 Å². The normalized spacial score (nSPS) is 24.6. The fourth-order valence-corrected chi connectivity index (χ4v) is 1.30. The van der Waals surface area contributed by atoms with E-state index in [4.69, 9.17) is 0 Å². The molecule has 0 aliphatic carbocycles. The van der Waals surface area contributed by atoms with Gasteiger partial charge in [-0.2, -0.15) is 0 Å². The summed E-state index contributed by atoms with van der Waals surface area (Å²) in [5.74, 6) is 0.165. The fourth-order valence-electron chi connectivity index (χ4n) is 1.30. The van der Waals surface area contributed by atoms with Crippen LogP contribution in [0, 0.1) is 0 Å². The zero-order valence-corrected chi connectivity index (χ0v) is 7.02. The van der Waals surface area contributed by atoms with Gasteiger partial charge in [0.05, 0.1) is 0 Å². The van der Waals surface area contributed by atoms with Crippen LogP contribution >= 0.6 is 0 Å². The van der Waals surface area contributed by atoms with Crippen molar-refractivity contribution in [3.05, 3.63) is 0 Å². The summed E-state index contributed by atoms with van der Waals surface area (Å²) < 4.78 is 0. The number of hydrogen-bond donors (Lipinski definition) is 2. The van der Waals surface area contributed by atoms with E-state index in [1.165, 1.54) is 6.42 Å². The number of carbonyl (C=O) groups is 1. The number of rotatable bonds is 2. The van der Waals surface area contributed by atoms with Gasteiger partial charge < -0.3 is 10.6 Å². The van der Waals surface area contributed by atoms with Gasteiger partial charge in [0.25, 0.3) is 0 Å². The molecule has 11 heavy (non-hydrogen) atoms. The lowest BCUT2D eigenvalue weighted by atomic mass is 10.1. The van der Waals surface area contributed by atoms with Crippen LogP contribution in [0.2, 0.25) is 0 Å². The molecule has 0 saturated carbocycles. The van der Waals surface area contributed by atoms with Crippen molar-refractivity contribution >= 4 is 5.91 Å². The second-order valence-electron chi connectivity index (χ2n) is 2.96. The van der Waals surface area contributed by atoms with Gasteiger partial charge in [-0.3, -0.25) is 4.79 Å². The summed E-state index contributed by atoms with van der Waals surface area (Å²) in [6.45, 7) is 3.91. The molecule has 3 nitrogen and oxygen atoms in total. The lowest BCUT2D eigenvalue weighted by Gasteiger charge is -2.23. The van der Waals surface area contributed by atoms with Gasteiger partial charge in [0.2, 0.25) is 5.91 Å². The number of amides is 1. The highest BCUT2D eigenvalue weighted by molar-refractivity contribution is 5.75. The maximum atomic E-state index is 10.9. The molecule has 1 amide bonds. The van der Waals surface area contributed by atoms with Gasteiger partial charge in [0, 0.05) is 19.0 Å². The third-order valence-corrected chi connectivity index (χ3v) is 1.98. The lowest BCUT2D eigenvalue weighted by Crippen LogP contribution is -2.45. The molecule has 0 aromatic heterocycles. The Morgan fingerprint density at radius 3 is 3.09 bits per heavy atom. The molecule has 0 aromatic carbocycles. The van der Waals surface area contributed by atoms with E-state index in [0.717, 1.165) is 19.5 Å². The van der Waals surface area contributed by atoms with Crippen LogP contribution in [0.3, 0.4) is 0 Å². The van der Waals surface area contributed by atoms with Crippen LogP contribution < -0.4 is 10.6 Å². The maximum Gasteiger partial charge on any atom is 0.219 e. The molecule has 1 aliphatic heterocycles. The van der Waals surface area contributed by atoms with E-state index in [-0.39, 0.29) is 5.91 Å². The average Bonchev–Trinajstić information content (AvgIpc) is 2.06. The number of hydrogen-bond acceptors (Lipinski definition) is 2. The van der Waals surface area contributed by atoms with Gasteiger partial charge >= 0.3 is 0 Å². The molecular weight excluding hydrogens is 140 g/mol. The first-order chi connectivity index (χ1) is 5.33. The van der Waals surface area contributed by atoms with Crippen LogP contribution in [0.1, 0.15) is 26.2 Å². The Balaban J connectivity index is 2.19. The molecule has 2 N–H and O–H groups in total. The molecule has 3 heteroatoms. The Bertz CT molecular complexity index is 130. The average molecular weight is 156 g/mol. The summed E-state index contributed by atoms with van der Waals surface area (Å²) in [7, 11) is 0. The number of carbonyl (C=O) groups excluding carboxylic acids is 1. The first-order valence-corrected chi connectivity index (χ1v) is 4.33. The zero-order valence-electron chi connectivity index (χ0n) is 7.02. The maximum absolute atomic E-state index is 10.9. The minimum absolute atomic E-state index is 0.165. The van der Waals surface area contributed by atoms with E-state index in [2.05, 4.69) is 10.6 Å². The molecule has 0 aromatic rings. The molecule has 1 fully saturated rings. The van der Waals surface area contributed by atoms with Crippen LogP contribution in [0.5, 0.6) is 0 Å². The van der Waals surface area contributed by atoms with Crippen molar-refractivity contribution in [2.45, 2.75) is 32.2 Å². The van der Waals surface area contributed by atoms with Crippen LogP contribution in [0.4, 0.5) is 0 Å². The van der Waals surface area contributed by atoms with Gasteiger partial charge in [0.1, 0.15) is 0 Å². The third kappa shape index (κ3) is 2.89. The molecule has 1 rings (SSSR count). The first-order valence-electron chi connectivity index (χ1n) is 4.33. The quantitative estimate of drug-likeness (QED) is 0.602. The van der Waals surface area contributed by atoms with Crippen molar-refractivity contribution in [1.29, 1.82) is 0 Å². The van der Waals surface area contributed by atoms with Crippen molar-refractivity contribution in [3.8, 4) is 0 Å². The van der Waals surface area contributed by atoms with Crippen LogP contribution in [-0.4, -0.2) is 25.0 Å². The van der Waals surface area contributed by atoms with Crippen molar-refractivity contribution in [2.24, 2.45) is 0 Å². The molecular formula is C8H16N2O. The SMILES string of the molecule is CCC(=O)N[C@@H]1CCCNC1. The molecule has 1 aliphatic rings. The van der Waals surface area contributed by atoms with Gasteiger partial charge in [-0.15, -0.1) is 0 Å². The lowest BCUT2D eigenvalue weighted by molar-refractivity contribution is -0.121. The Labute approximate surface area is 67.5 Å². The summed E-state index contributed by atoms with van der Waals surface area (Å²) >= 11 is 0. The molecule has 64 valence electrons. The van der Waals surface area contributed by atoms with Crippen molar-refractivity contribution < 1.29 is 4.79 Å². The molecule has 1 saturated heterocycles. The summed E-state index contributed by atoms with van der Waals surface area (Å²) in [5.41, 5.74) is 0. The van der Waals surface area contributed by atoms with Crippen molar-refractivity contribution in [2.75, 3.05) is 13.1 Å². The Morgan fingerprint density at radius 1 is 1.73 bits per heavy atom. The van der Waals surface area contributed by atoms with Gasteiger partial charge in [-0.05, 0) is 19.4 Å². The minimum atomic E-state index is 0.165. The Hall–Kier alpha value is -0.570. The standard InChI is InChI=1S/C8H16N2O/c1-2-8(11)10-7-4-3-5-9-6-7/h7,9H,2-6H2,1H3,(H,10,11)/t7-/m1/s1. The molecule has 1 atom stereocenters. The summed E-state index contributed by atoms with van der Waals surface area (Å²) in [6.07, 6.45) is 2.89. The Morgan fingerprint density at radius 2 is 2.55 bits per heavy atom. The summed E-state index contributed by atoms with van der Waals surface area (Å²) in [6, 6.07) is 0.371. The van der Waals surface area contributed by atoms with Crippen molar-refractivity contribution in [1.82, 2.24) is 10.6 Å². The van der Waals surface area contributed by atoms with Gasteiger partial charge in [0.15, 0.2) is 0 Å². The van der Waals surface area contributed by atoms with Gasteiger partial charge in [-0.25, -0.2) is 0 Å². The van der Waals surface area contributed by atoms with Crippen LogP contribution in [0.15, 0.2) is 0 Å². The van der Waals surface area contributed by atoms with E-state index >= 15 is 0 Å². The molecule has 0 radical (unpaired) electrons. The van der Waals surface area contributed by atoms with E-state index in [1.807, 2.05) is 6.92 Å². The van der Waals surface area contributed by atoms with E-state index in [1.54, 1.807) is 0 Å². The highest BCUT2D eigenvalue weighted by Gasteiger charge is 2.13. The Kier molecular flexibility index (Phi) is 3.36. The zero-order chi connectivity index (χ0) is 8.10. The highest BCUT2D eigenvalue weighted by atomic mass is 16.1. The second kappa shape index (κ2) is 4.34. The smallest absolute Gasteiger partial charge is 0.219 e. The predicted molar refractivity (Wildman–Crippen MR) is 44.3 cm³/mol. The highest BCUT2D eigenvalue weighted by Crippen LogP contribution is 2.00. The third-order valence-electron chi connectivity index (χ3n) is 1.98. The van der Waals surface area contributed by atoms with E-state index < -0.39 is 0 Å². The van der Waals surface area contributed by atoms with Crippen molar-refractivity contribution in [3.63, 3.8) is 0 Å². The fraction of sp³-hybridized carbons (Fsp3) is 0.875. The molecule has 1 heterocycles. The molecule has 0 bridgehead atoms. The van der Waals surface area contributed by atoms with E-state index in [0.29, 0.717) is 12.5 Å². The first kappa shape index (κ1) is 8.53. The largest absolute Gasteiger partial charge is 0.352 e. The minimum Gasteiger partial charge on any atom is -0.352 e. The summed E-state index contributed by atoms with van der Waals surface area (Å²) in [5, 5.41) is 6.22.